The monoisotopic (exact) mass is 1190 g/mol. The highest BCUT2D eigenvalue weighted by molar-refractivity contribution is 6.26. The largest absolute Gasteiger partial charge is 0.600 e. The van der Waals surface area contributed by atoms with E-state index in [1.54, 1.807) is 53.7 Å². The van der Waals surface area contributed by atoms with Crippen LogP contribution in [0.4, 0.5) is 4.79 Å². The van der Waals surface area contributed by atoms with E-state index in [4.69, 9.17) is 52.1 Å². The minimum absolute atomic E-state index is 0.0128. The van der Waals surface area contributed by atoms with Crippen LogP contribution in [-0.4, -0.2) is 180 Å². The lowest BCUT2D eigenvalue weighted by Crippen LogP contribution is -3.17. The topological polar surface area (TPSA) is 310 Å². The van der Waals surface area contributed by atoms with E-state index in [0.29, 0.717) is 17.6 Å². The molecule has 1 spiro atoms. The lowest BCUT2D eigenvalue weighted by Gasteiger charge is -2.56. The van der Waals surface area contributed by atoms with Crippen molar-refractivity contribution in [1.82, 2.24) is 5.32 Å². The smallest absolute Gasteiger partial charge is 0.407 e. The number of aliphatic hydroxyl groups is 4. The number of hydrogen-bond acceptors (Lipinski definition) is 21. The van der Waals surface area contributed by atoms with Gasteiger partial charge in [-0.2, -0.15) is 0 Å². The number of hydroxylamine groups is 2. The summed E-state index contributed by atoms with van der Waals surface area (Å²) in [5.74, 6) is -5.33. The van der Waals surface area contributed by atoms with E-state index in [2.05, 4.69) is 25.2 Å². The third-order valence-corrected chi connectivity index (χ3v) is 20.3. The number of methoxy groups -OCH3 is 2. The van der Waals surface area contributed by atoms with E-state index < -0.39 is 185 Å². The molecule has 9 aliphatic rings. The van der Waals surface area contributed by atoms with Crippen LogP contribution < -0.4 is 10.5 Å². The molecule has 2 unspecified atom stereocenters. The number of nitrogens with one attached hydrogen (secondary N) is 2. The number of rotatable bonds is 12. The zero-order valence-electron chi connectivity index (χ0n) is 50.5. The van der Waals surface area contributed by atoms with Crippen LogP contribution in [-0.2, 0) is 66.5 Å². The Labute approximate surface area is 491 Å². The van der Waals surface area contributed by atoms with Crippen LogP contribution in [0.2, 0.25) is 0 Å². The van der Waals surface area contributed by atoms with Crippen LogP contribution >= 0.6 is 0 Å². The summed E-state index contributed by atoms with van der Waals surface area (Å²) in [6.07, 6.45) is -2.85. The maximum Gasteiger partial charge on any atom is 0.407 e. The maximum absolute atomic E-state index is 15.5. The second-order valence-corrected chi connectivity index (χ2v) is 25.9. The van der Waals surface area contributed by atoms with Gasteiger partial charge in [0.05, 0.1) is 68.5 Å². The molecule has 0 aromatic rings. The lowest BCUT2D eigenvalue weighted by atomic mass is 9.49. The summed E-state index contributed by atoms with van der Waals surface area (Å²) in [7, 11) is 2.69. The molecule has 470 valence electrons. The summed E-state index contributed by atoms with van der Waals surface area (Å²) < 4.78 is 68.0. The predicted molar refractivity (Wildman–Crippen MR) is 296 cm³/mol. The summed E-state index contributed by atoms with van der Waals surface area (Å²) >= 11 is 0. The van der Waals surface area contributed by atoms with Crippen molar-refractivity contribution in [2.24, 2.45) is 46.8 Å². The summed E-state index contributed by atoms with van der Waals surface area (Å²) in [5, 5.41) is 72.0. The van der Waals surface area contributed by atoms with Gasteiger partial charge in [-0.15, -0.1) is 0 Å². The number of hydrogen-bond donors (Lipinski definition) is 7. The molecular formula is C61H90N2O21. The number of carbonyl (C=O) groups is 4. The third-order valence-electron chi connectivity index (χ3n) is 20.3. The Kier molecular flexibility index (Phi) is 19.4. The summed E-state index contributed by atoms with van der Waals surface area (Å²) in [6, 6.07) is -0.991. The van der Waals surface area contributed by atoms with Crippen molar-refractivity contribution in [3.63, 3.8) is 0 Å². The number of aldehydes is 1. The Morgan fingerprint density at radius 1 is 0.762 bits per heavy atom. The number of Topliss-reactive ketones (excluding diaryl/α,β-unsaturated/α-hetero) is 1. The van der Waals surface area contributed by atoms with Crippen LogP contribution in [0.5, 0.6) is 0 Å². The average molecular weight is 1190 g/mol. The number of quaternary nitrogens is 1. The first-order valence-corrected chi connectivity index (χ1v) is 29.9. The normalized spacial score (nSPS) is 48.9. The van der Waals surface area contributed by atoms with Crippen molar-refractivity contribution in [3.8, 4) is 0 Å². The molecule has 0 aromatic heterocycles. The van der Waals surface area contributed by atoms with E-state index in [1.807, 2.05) is 26.0 Å². The van der Waals surface area contributed by atoms with Crippen molar-refractivity contribution < 1.29 is 102 Å². The number of ketones is 1. The van der Waals surface area contributed by atoms with Gasteiger partial charge in [-0.05, 0) is 96.1 Å². The van der Waals surface area contributed by atoms with E-state index in [-0.39, 0.29) is 50.4 Å². The molecule has 5 saturated heterocycles. The summed E-state index contributed by atoms with van der Waals surface area (Å²) in [6.45, 7) is 20.0. The predicted octanol–water partition coefficient (Wildman–Crippen LogP) is 4.27. The molecule has 9 rings (SSSR count). The fourth-order valence-electron chi connectivity index (χ4n) is 15.8. The minimum atomic E-state index is -1.86. The molecule has 7 N–H and O–H groups in total. The third kappa shape index (κ3) is 11.9. The molecule has 5 aliphatic heterocycles. The molecular weight excluding hydrogens is 1100 g/mol. The molecule has 1 saturated carbocycles. The Bertz CT molecular complexity index is 2580. The molecule has 23 nitrogen and oxygen atoms in total. The van der Waals surface area contributed by atoms with Crippen molar-refractivity contribution in [1.29, 1.82) is 0 Å². The number of ether oxygens (including phenoxy) is 11. The zero-order chi connectivity index (χ0) is 61.2. The highest BCUT2D eigenvalue weighted by atomic mass is 16.8. The van der Waals surface area contributed by atoms with Crippen molar-refractivity contribution >= 4 is 24.1 Å². The number of aliphatic hydroxyl groups excluding tert-OH is 4. The standard InChI is InChI=1S/C61H90N2O21/c1-27-14-17-42(80-47-25-59(10,63(72)73)54(35(9)79-47)62-58(71)75-13)28(2)19-37-20-36(26-64)31(5)24-61(37)56(69)48(57(70)84-61)55(68)60(11)39(27)16-15-38-49(60)29(3)18-30(4)51(38)82-46-23-43(50(67)32(6)76-46)81-44-22-41(66)53(34(8)78-44)83-45-21-40(65)52(74-12)33(7)77-45/h14-16,19-20,26,29-35,37-47,49-54,63,65-68,72H,17-18,21-25H2,1-13H3,(H,62,71)/b27-14+,28-19-,55-48?/t29-,30-,31+,32+,33+,34+,35+,37-,38-,39-,40-,41-,42-,43-,44-,45-,46-,47+,49+,50+,51-,52+,53+,54-,59-,60+,61?/m1/s1. The second-order valence-electron chi connectivity index (χ2n) is 25.9. The molecule has 0 radical (unpaired) electrons. The van der Waals surface area contributed by atoms with Crippen LogP contribution in [0.1, 0.15) is 121 Å². The van der Waals surface area contributed by atoms with E-state index in [9.17, 15) is 45.2 Å². The van der Waals surface area contributed by atoms with Gasteiger partial charge in [-0.1, -0.05) is 63.6 Å². The second kappa shape index (κ2) is 25.2. The van der Waals surface area contributed by atoms with Crippen molar-refractivity contribution in [2.45, 2.75) is 237 Å². The van der Waals surface area contributed by atoms with Gasteiger partial charge in [0.1, 0.15) is 42.0 Å². The van der Waals surface area contributed by atoms with Crippen LogP contribution in [0, 0.1) is 52.0 Å². The number of fused-ring (bicyclic) bond motifs is 4. The minimum Gasteiger partial charge on any atom is -0.600 e. The van der Waals surface area contributed by atoms with Gasteiger partial charge in [-0.25, -0.2) is 20.0 Å². The van der Waals surface area contributed by atoms with Gasteiger partial charge in [0.2, 0.25) is 5.78 Å². The average Bonchev–Trinajstić information content (AvgIpc) is 2.80. The first kappa shape index (κ1) is 64.5. The Hall–Kier alpha value is -4.02. The van der Waals surface area contributed by atoms with E-state index in [1.165, 1.54) is 21.1 Å². The quantitative estimate of drug-likeness (QED) is 0.0472. The molecule has 2 bridgehead atoms. The Morgan fingerprint density at radius 3 is 2.01 bits per heavy atom. The maximum atomic E-state index is 15.5. The Morgan fingerprint density at radius 2 is 1.38 bits per heavy atom. The number of carbonyl (C=O) groups excluding carboxylic acids is 4. The summed E-state index contributed by atoms with van der Waals surface area (Å²) in [5.41, 5.74) is -3.49. The lowest BCUT2D eigenvalue weighted by molar-refractivity contribution is -1.09. The van der Waals surface area contributed by atoms with Gasteiger partial charge in [0, 0.05) is 56.0 Å². The van der Waals surface area contributed by atoms with Gasteiger partial charge in [0.25, 0.3) is 0 Å². The fourth-order valence-corrected chi connectivity index (χ4v) is 15.8. The van der Waals surface area contributed by atoms with Gasteiger partial charge in [-0.3, -0.25) is 9.59 Å². The number of amides is 1. The van der Waals surface area contributed by atoms with Gasteiger partial charge < -0.3 is 83.1 Å². The highest BCUT2D eigenvalue weighted by Gasteiger charge is 2.64. The molecule has 6 fully saturated rings. The molecule has 23 heteroatoms. The highest BCUT2D eigenvalue weighted by Crippen LogP contribution is 2.61. The molecule has 1 amide bonds. The molecule has 0 aromatic carbocycles. The van der Waals surface area contributed by atoms with Crippen LogP contribution in [0.25, 0.3) is 0 Å². The fraction of sp³-hybridized carbons (Fsp3) is 0.770. The van der Waals surface area contributed by atoms with E-state index in [0.717, 1.165) is 11.9 Å². The van der Waals surface area contributed by atoms with Gasteiger partial charge in [0.15, 0.2) is 36.3 Å². The zero-order valence-corrected chi connectivity index (χ0v) is 50.5. The van der Waals surface area contributed by atoms with Gasteiger partial charge >= 0.3 is 12.1 Å². The first-order valence-electron chi connectivity index (χ1n) is 29.9. The molecule has 28 atom stereocenters. The number of alkyl carbamates (subject to hydrolysis) is 1. The SMILES string of the molecule is COC(=O)N[C@@H]1[C@H](C)O[C@@H](O[C@@H]2C/C=C(\C)[C@H]3C=C[C@H]4[C@H](O[C@@H]5C[C@@H](O[C@@H]6C[C@@H](O)[C@@H](O[C@@H]7C[C@@H](O)[C@@H](OC)[C@H](C)O7)[C@H](C)O6)[C@@H](O)[C@H](C)O5)[C@H](C)C[C@@H](C)[C@@H]4[C@@]3(C)C(O)=C3C(=O)OC4(C[C@H](C)C(C=O)=C[C@H]4/C=C\2C)C3=O)C[C@@]1(C)[NH+]([O-])O. The molecule has 4 aliphatic carbocycles. The Balaban J connectivity index is 1.01. The molecule has 84 heavy (non-hydrogen) atoms. The number of esters is 1. The summed E-state index contributed by atoms with van der Waals surface area (Å²) in [4.78, 5) is 55.3. The number of allylic oxidation sites excluding steroid dienone is 4. The van der Waals surface area contributed by atoms with Crippen LogP contribution in [0.3, 0.4) is 0 Å². The molecule has 5 heterocycles. The van der Waals surface area contributed by atoms with E-state index >= 15 is 4.79 Å². The van der Waals surface area contributed by atoms with Crippen LogP contribution in [0.15, 0.2) is 58.4 Å². The van der Waals surface area contributed by atoms with Crippen molar-refractivity contribution in [3.05, 3.63) is 63.6 Å². The first-order chi connectivity index (χ1) is 39.6. The van der Waals surface area contributed by atoms with Crippen molar-refractivity contribution in [2.75, 3.05) is 14.2 Å².